The van der Waals surface area contributed by atoms with Crippen LogP contribution in [0.2, 0.25) is 0 Å². The number of aromatic nitrogens is 5. The van der Waals surface area contributed by atoms with Crippen molar-refractivity contribution in [3.63, 3.8) is 0 Å². The van der Waals surface area contributed by atoms with E-state index in [0.29, 0.717) is 18.9 Å². The molecule has 0 radical (unpaired) electrons. The van der Waals surface area contributed by atoms with Crippen molar-refractivity contribution in [2.45, 2.75) is 44.4 Å². The minimum atomic E-state index is -5.08. The molecule has 2 aliphatic heterocycles. The topological polar surface area (TPSA) is 124 Å². The van der Waals surface area contributed by atoms with E-state index in [2.05, 4.69) is 15.1 Å². The number of alkyl halides is 3. The van der Waals surface area contributed by atoms with Gasteiger partial charge in [-0.05, 0) is 12.0 Å². The molecule has 0 bridgehead atoms. The van der Waals surface area contributed by atoms with Crippen LogP contribution in [-0.2, 0) is 42.8 Å². The van der Waals surface area contributed by atoms with Crippen molar-refractivity contribution >= 4 is 5.97 Å². The van der Waals surface area contributed by atoms with Gasteiger partial charge in [0.05, 0.1) is 19.3 Å². The molecule has 2 aromatic heterocycles. The molecule has 5 rings (SSSR count). The zero-order chi connectivity index (χ0) is 26.8. The number of halogens is 3. The second kappa shape index (κ2) is 10.3. The molecular formula is C23H25F3N6O5. The predicted molar refractivity (Wildman–Crippen MR) is 123 cm³/mol. The molecule has 1 spiro atoms. The third-order valence-corrected chi connectivity index (χ3v) is 6.14. The van der Waals surface area contributed by atoms with Crippen LogP contribution in [0.5, 0.6) is 0 Å². The first-order chi connectivity index (χ1) is 17.5. The summed E-state index contributed by atoms with van der Waals surface area (Å²) < 4.78 is 42.5. The van der Waals surface area contributed by atoms with Crippen LogP contribution >= 0.6 is 0 Å². The van der Waals surface area contributed by atoms with Crippen LogP contribution in [-0.4, -0.2) is 65.0 Å². The van der Waals surface area contributed by atoms with Gasteiger partial charge in [0.15, 0.2) is 5.82 Å². The maximum atomic E-state index is 12.8. The molecule has 2 aliphatic rings. The number of ether oxygens (including phenoxy) is 1. The Bertz CT molecular complexity index is 1380. The number of aryl methyl sites for hydroxylation is 1. The van der Waals surface area contributed by atoms with Gasteiger partial charge in [0.1, 0.15) is 12.2 Å². The van der Waals surface area contributed by atoms with Gasteiger partial charge < -0.3 is 9.84 Å². The number of hydrogen-bond donors (Lipinski definition) is 1. The van der Waals surface area contributed by atoms with Crippen LogP contribution in [0.4, 0.5) is 13.2 Å². The zero-order valence-corrected chi connectivity index (χ0v) is 19.9. The minimum Gasteiger partial charge on any atom is -0.475 e. The van der Waals surface area contributed by atoms with Gasteiger partial charge in [-0.1, -0.05) is 30.3 Å². The summed E-state index contributed by atoms with van der Waals surface area (Å²) in [6.45, 7) is 3.23. The highest BCUT2D eigenvalue weighted by Gasteiger charge is 2.43. The molecule has 14 heteroatoms. The Morgan fingerprint density at radius 1 is 1.11 bits per heavy atom. The van der Waals surface area contributed by atoms with Crippen molar-refractivity contribution in [1.29, 1.82) is 0 Å². The number of carboxylic acid groups (broad SMARTS) is 1. The Kier molecular flexibility index (Phi) is 7.32. The number of hydrogen-bond acceptors (Lipinski definition) is 7. The Hall–Kier alpha value is -3.78. The van der Waals surface area contributed by atoms with Gasteiger partial charge in [-0.15, -0.1) is 0 Å². The number of fused-ring (bicyclic) bond motifs is 1. The minimum absolute atomic E-state index is 0.227. The molecule has 0 amide bonds. The molecule has 1 saturated heterocycles. The Balaban J connectivity index is 0.000000405. The SMILES string of the molecule is Cn1cc(CN2CCC3(C2)Cn2c(nn(Cc4ccccc4)c(=O)c2=O)CO3)cn1.O=C(O)C(F)(F)F. The summed E-state index contributed by atoms with van der Waals surface area (Å²) in [5, 5.41) is 15.8. The van der Waals surface area contributed by atoms with Gasteiger partial charge in [0.2, 0.25) is 0 Å². The second-order valence-electron chi connectivity index (χ2n) is 9.01. The number of nitrogens with zero attached hydrogens (tertiary/aromatic N) is 6. The van der Waals surface area contributed by atoms with E-state index in [-0.39, 0.29) is 13.2 Å². The largest absolute Gasteiger partial charge is 0.490 e. The number of aliphatic carboxylic acids is 1. The molecule has 0 aliphatic carbocycles. The first kappa shape index (κ1) is 26.3. The quantitative estimate of drug-likeness (QED) is 0.504. The average Bonchev–Trinajstić information content (AvgIpc) is 3.44. The van der Waals surface area contributed by atoms with Crippen molar-refractivity contribution in [3.05, 3.63) is 80.4 Å². The lowest BCUT2D eigenvalue weighted by molar-refractivity contribution is -0.192. The predicted octanol–water partition coefficient (Wildman–Crippen LogP) is 0.995. The van der Waals surface area contributed by atoms with Gasteiger partial charge in [-0.3, -0.25) is 23.7 Å². The molecule has 4 heterocycles. The Morgan fingerprint density at radius 2 is 1.81 bits per heavy atom. The summed E-state index contributed by atoms with van der Waals surface area (Å²) in [5.41, 5.74) is 0.493. The molecule has 1 fully saturated rings. The van der Waals surface area contributed by atoms with E-state index in [1.807, 2.05) is 49.8 Å². The van der Waals surface area contributed by atoms with Crippen molar-refractivity contribution < 1.29 is 27.8 Å². The molecule has 1 unspecified atom stereocenters. The third-order valence-electron chi connectivity index (χ3n) is 6.14. The molecule has 1 aromatic carbocycles. The lowest BCUT2D eigenvalue weighted by Crippen LogP contribution is -2.53. The lowest BCUT2D eigenvalue weighted by atomic mass is 10.0. The summed E-state index contributed by atoms with van der Waals surface area (Å²) in [6.07, 6.45) is -0.399. The van der Waals surface area contributed by atoms with Crippen LogP contribution in [0.25, 0.3) is 0 Å². The molecule has 3 aromatic rings. The Labute approximate surface area is 208 Å². The fraction of sp³-hybridized carbons (Fsp3) is 0.435. The van der Waals surface area contributed by atoms with E-state index in [4.69, 9.17) is 14.6 Å². The monoisotopic (exact) mass is 522 g/mol. The summed E-state index contributed by atoms with van der Waals surface area (Å²) in [4.78, 5) is 36.7. The van der Waals surface area contributed by atoms with E-state index in [1.165, 1.54) is 9.25 Å². The van der Waals surface area contributed by atoms with Gasteiger partial charge in [0.25, 0.3) is 0 Å². The van der Waals surface area contributed by atoms with E-state index < -0.39 is 28.9 Å². The molecule has 198 valence electrons. The number of benzene rings is 1. The first-order valence-corrected chi connectivity index (χ1v) is 11.3. The van der Waals surface area contributed by atoms with E-state index >= 15 is 0 Å². The second-order valence-corrected chi connectivity index (χ2v) is 9.01. The first-order valence-electron chi connectivity index (χ1n) is 11.3. The van der Waals surface area contributed by atoms with Crippen LogP contribution in [0.1, 0.15) is 23.4 Å². The fourth-order valence-corrected chi connectivity index (χ4v) is 4.39. The summed E-state index contributed by atoms with van der Waals surface area (Å²) >= 11 is 0. The zero-order valence-electron chi connectivity index (χ0n) is 19.9. The lowest BCUT2D eigenvalue weighted by Gasteiger charge is -2.35. The van der Waals surface area contributed by atoms with Gasteiger partial charge in [0, 0.05) is 38.4 Å². The molecule has 1 N–H and O–H groups in total. The smallest absolute Gasteiger partial charge is 0.475 e. The van der Waals surface area contributed by atoms with E-state index in [1.54, 1.807) is 4.68 Å². The summed E-state index contributed by atoms with van der Waals surface area (Å²) in [5.74, 6) is -2.25. The van der Waals surface area contributed by atoms with E-state index in [9.17, 15) is 22.8 Å². The fourth-order valence-electron chi connectivity index (χ4n) is 4.39. The maximum Gasteiger partial charge on any atom is 0.490 e. The Morgan fingerprint density at radius 3 is 2.43 bits per heavy atom. The number of carboxylic acids is 1. The van der Waals surface area contributed by atoms with Crippen LogP contribution in [0, 0.1) is 0 Å². The van der Waals surface area contributed by atoms with Crippen molar-refractivity contribution in [1.82, 2.24) is 29.0 Å². The van der Waals surface area contributed by atoms with Crippen molar-refractivity contribution in [2.24, 2.45) is 7.05 Å². The van der Waals surface area contributed by atoms with Crippen LogP contribution in [0.3, 0.4) is 0 Å². The number of likely N-dealkylation sites (tertiary alicyclic amines) is 1. The highest BCUT2D eigenvalue weighted by Crippen LogP contribution is 2.31. The maximum absolute atomic E-state index is 12.8. The number of rotatable bonds is 4. The van der Waals surface area contributed by atoms with Crippen molar-refractivity contribution in [3.8, 4) is 0 Å². The molecular weight excluding hydrogens is 497 g/mol. The molecule has 37 heavy (non-hydrogen) atoms. The highest BCUT2D eigenvalue weighted by atomic mass is 19.4. The van der Waals surface area contributed by atoms with E-state index in [0.717, 1.165) is 30.6 Å². The van der Waals surface area contributed by atoms with Gasteiger partial charge in [-0.2, -0.15) is 23.4 Å². The van der Waals surface area contributed by atoms with Crippen LogP contribution < -0.4 is 11.1 Å². The average molecular weight is 522 g/mol. The van der Waals surface area contributed by atoms with Gasteiger partial charge in [-0.25, -0.2) is 9.48 Å². The standard InChI is InChI=1S/C21H24N6O3.C2HF3O2/c1-24-10-17(9-22-24)11-25-8-7-21(14-25)15-26-18(13-30-21)23-27(20(29)19(26)28)12-16-5-3-2-4-6-16;3-2(4,5)1(6)7/h2-6,9-10H,7-8,11-15H2,1H3;(H,6,7). The summed E-state index contributed by atoms with van der Waals surface area (Å²) in [6, 6.07) is 9.53. The van der Waals surface area contributed by atoms with Crippen LogP contribution in [0.15, 0.2) is 52.3 Å². The molecule has 11 nitrogen and oxygen atoms in total. The molecule has 1 atom stereocenters. The van der Waals surface area contributed by atoms with Crippen molar-refractivity contribution in [2.75, 3.05) is 13.1 Å². The number of carbonyl (C=O) groups is 1. The third kappa shape index (κ3) is 6.14. The summed E-state index contributed by atoms with van der Waals surface area (Å²) in [7, 11) is 1.90. The normalized spacial score (nSPS) is 19.4. The highest BCUT2D eigenvalue weighted by molar-refractivity contribution is 5.73. The molecule has 0 saturated carbocycles. The van der Waals surface area contributed by atoms with Gasteiger partial charge >= 0.3 is 23.3 Å².